The van der Waals surface area contributed by atoms with Crippen molar-refractivity contribution >= 4 is 12.6 Å². The summed E-state index contributed by atoms with van der Waals surface area (Å²) < 4.78 is 0. The minimum atomic E-state index is 0.617. The van der Waals surface area contributed by atoms with Crippen molar-refractivity contribution in [3.8, 4) is 11.8 Å². The van der Waals surface area contributed by atoms with Crippen LogP contribution in [0, 0.1) is 39.5 Å². The van der Waals surface area contributed by atoms with Crippen molar-refractivity contribution in [3.05, 3.63) is 33.9 Å². The van der Waals surface area contributed by atoms with E-state index in [1.54, 1.807) is 0 Å². The Labute approximate surface area is 92.1 Å². The second-order valence-corrected chi connectivity index (χ2v) is 3.91. The highest BCUT2D eigenvalue weighted by atomic mass is 32.1. The van der Waals surface area contributed by atoms with Gasteiger partial charge in [0.25, 0.3) is 0 Å². The zero-order chi connectivity index (χ0) is 10.7. The van der Waals surface area contributed by atoms with Gasteiger partial charge < -0.3 is 0 Å². The quantitative estimate of drug-likeness (QED) is 0.487. The lowest BCUT2D eigenvalue weighted by Crippen LogP contribution is -1.95. The normalized spacial score (nSPS) is 9.50. The molecule has 0 saturated carbocycles. The van der Waals surface area contributed by atoms with Crippen LogP contribution in [0.25, 0.3) is 0 Å². The summed E-state index contributed by atoms with van der Waals surface area (Å²) in [4.78, 5) is 0. The largest absolute Gasteiger partial charge is 0.166 e. The summed E-state index contributed by atoms with van der Waals surface area (Å²) in [5, 5.41) is 0. The van der Waals surface area contributed by atoms with Crippen molar-refractivity contribution in [2.45, 2.75) is 27.7 Å². The van der Waals surface area contributed by atoms with Crippen LogP contribution in [0.15, 0.2) is 6.07 Å². The molecule has 0 aliphatic rings. The molecule has 0 aliphatic carbocycles. The molecule has 0 N–H and O–H groups in total. The van der Waals surface area contributed by atoms with Crippen molar-refractivity contribution in [2.24, 2.45) is 0 Å². The molecule has 0 heterocycles. The van der Waals surface area contributed by atoms with Gasteiger partial charge in [0, 0.05) is 5.56 Å². The van der Waals surface area contributed by atoms with Crippen molar-refractivity contribution < 1.29 is 0 Å². The molecule has 0 atom stereocenters. The monoisotopic (exact) mass is 204 g/mol. The van der Waals surface area contributed by atoms with E-state index >= 15 is 0 Å². The van der Waals surface area contributed by atoms with E-state index in [2.05, 4.69) is 58.2 Å². The lowest BCUT2D eigenvalue weighted by atomic mass is 9.95. The molecule has 0 aromatic heterocycles. The third-order valence-electron chi connectivity index (χ3n) is 2.66. The number of rotatable bonds is 0. The van der Waals surface area contributed by atoms with Crippen LogP contribution in [0.4, 0.5) is 0 Å². The Balaban J connectivity index is 3.39. The molecule has 0 nitrogen and oxygen atoms in total. The highest BCUT2D eigenvalue weighted by Crippen LogP contribution is 2.20. The highest BCUT2D eigenvalue weighted by molar-refractivity contribution is 7.80. The third-order valence-corrected chi connectivity index (χ3v) is 2.82. The summed E-state index contributed by atoms with van der Waals surface area (Å²) in [5.74, 6) is 6.82. The number of hydrogen-bond donors (Lipinski definition) is 1. The lowest BCUT2D eigenvalue weighted by molar-refractivity contribution is 1.22. The molecule has 1 heteroatoms. The Morgan fingerprint density at radius 3 is 2.00 bits per heavy atom. The highest BCUT2D eigenvalue weighted by Gasteiger charge is 2.05. The van der Waals surface area contributed by atoms with E-state index in [1.807, 2.05) is 0 Å². The molecule has 0 aliphatic heterocycles. The van der Waals surface area contributed by atoms with Gasteiger partial charge in [0.15, 0.2) is 0 Å². The molecule has 0 bridgehead atoms. The van der Waals surface area contributed by atoms with Gasteiger partial charge in [0.1, 0.15) is 0 Å². The summed E-state index contributed by atoms with van der Waals surface area (Å²) in [6, 6.07) is 2.22. The van der Waals surface area contributed by atoms with E-state index in [1.165, 1.54) is 27.8 Å². The summed E-state index contributed by atoms with van der Waals surface area (Å²) in [6.07, 6.45) is 0. The molecular formula is C13H16S. The molecular weight excluding hydrogens is 188 g/mol. The molecule has 14 heavy (non-hydrogen) atoms. The smallest absolute Gasteiger partial charge is 0.0521 e. The van der Waals surface area contributed by atoms with Gasteiger partial charge in [-0.2, -0.15) is 12.6 Å². The lowest BCUT2D eigenvalue weighted by Gasteiger charge is -2.10. The van der Waals surface area contributed by atoms with Crippen LogP contribution >= 0.6 is 12.6 Å². The van der Waals surface area contributed by atoms with Crippen LogP contribution in [-0.4, -0.2) is 5.75 Å². The molecule has 0 unspecified atom stereocenters. The fraction of sp³-hybridized carbons (Fsp3) is 0.385. The molecule has 0 amide bonds. The topological polar surface area (TPSA) is 0 Å². The van der Waals surface area contributed by atoms with Crippen molar-refractivity contribution in [3.63, 3.8) is 0 Å². The van der Waals surface area contributed by atoms with E-state index in [0.29, 0.717) is 5.75 Å². The second-order valence-electron chi connectivity index (χ2n) is 3.60. The average Bonchev–Trinajstić information content (AvgIpc) is 2.15. The molecule has 1 rings (SSSR count). The Morgan fingerprint density at radius 1 is 1.07 bits per heavy atom. The molecule has 1 aromatic carbocycles. The fourth-order valence-electron chi connectivity index (χ4n) is 1.53. The molecule has 0 fully saturated rings. The SMILES string of the molecule is Cc1cc(C)c(C)c(C#CCS)c1C. The van der Waals surface area contributed by atoms with Gasteiger partial charge in [-0.25, -0.2) is 0 Å². The summed E-state index contributed by atoms with van der Waals surface area (Å²) >= 11 is 4.10. The number of thiol groups is 1. The zero-order valence-electron chi connectivity index (χ0n) is 9.23. The van der Waals surface area contributed by atoms with Gasteiger partial charge in [0.2, 0.25) is 0 Å². The van der Waals surface area contributed by atoms with Gasteiger partial charge in [-0.1, -0.05) is 17.9 Å². The fourth-order valence-corrected chi connectivity index (χ4v) is 1.61. The van der Waals surface area contributed by atoms with E-state index in [9.17, 15) is 0 Å². The van der Waals surface area contributed by atoms with Crippen molar-refractivity contribution in [2.75, 3.05) is 5.75 Å². The summed E-state index contributed by atoms with van der Waals surface area (Å²) in [6.45, 7) is 8.52. The summed E-state index contributed by atoms with van der Waals surface area (Å²) in [7, 11) is 0. The minimum absolute atomic E-state index is 0.617. The summed E-state index contributed by atoms with van der Waals surface area (Å²) in [5.41, 5.74) is 6.40. The molecule has 1 aromatic rings. The van der Waals surface area contributed by atoms with Gasteiger partial charge in [0.05, 0.1) is 5.75 Å². The predicted molar refractivity (Wildman–Crippen MR) is 66.1 cm³/mol. The first-order valence-corrected chi connectivity index (χ1v) is 5.38. The maximum atomic E-state index is 4.10. The van der Waals surface area contributed by atoms with E-state index in [-0.39, 0.29) is 0 Å². The van der Waals surface area contributed by atoms with Crippen LogP contribution < -0.4 is 0 Å². The Kier molecular flexibility index (Phi) is 3.66. The van der Waals surface area contributed by atoms with Gasteiger partial charge in [-0.3, -0.25) is 0 Å². The van der Waals surface area contributed by atoms with Crippen molar-refractivity contribution in [1.82, 2.24) is 0 Å². The zero-order valence-corrected chi connectivity index (χ0v) is 10.1. The van der Waals surface area contributed by atoms with E-state index in [4.69, 9.17) is 0 Å². The van der Waals surface area contributed by atoms with Crippen LogP contribution in [0.3, 0.4) is 0 Å². The van der Waals surface area contributed by atoms with Crippen LogP contribution in [-0.2, 0) is 0 Å². The van der Waals surface area contributed by atoms with Crippen LogP contribution in [0.5, 0.6) is 0 Å². The molecule has 0 radical (unpaired) electrons. The van der Waals surface area contributed by atoms with Gasteiger partial charge >= 0.3 is 0 Å². The molecule has 74 valence electrons. The third kappa shape index (κ3) is 2.13. The van der Waals surface area contributed by atoms with Crippen LogP contribution in [0.1, 0.15) is 27.8 Å². The second kappa shape index (κ2) is 4.57. The number of benzene rings is 1. The standard InChI is InChI=1S/C13H16S/c1-9-8-10(2)12(4)13(11(9)3)6-5-7-14/h8,14H,7H2,1-4H3. The van der Waals surface area contributed by atoms with E-state index < -0.39 is 0 Å². The Bertz CT molecular complexity index is 379. The molecule has 0 spiro atoms. The van der Waals surface area contributed by atoms with Gasteiger partial charge in [-0.15, -0.1) is 0 Å². The minimum Gasteiger partial charge on any atom is -0.166 e. The van der Waals surface area contributed by atoms with Crippen LogP contribution in [0.2, 0.25) is 0 Å². The Hall–Kier alpha value is -0.870. The Morgan fingerprint density at radius 2 is 1.57 bits per heavy atom. The maximum absolute atomic E-state index is 4.10. The first-order chi connectivity index (χ1) is 6.57. The van der Waals surface area contributed by atoms with E-state index in [0.717, 1.165) is 0 Å². The first-order valence-electron chi connectivity index (χ1n) is 4.75. The maximum Gasteiger partial charge on any atom is 0.0521 e. The molecule has 0 saturated heterocycles. The average molecular weight is 204 g/mol. The number of aryl methyl sites for hydroxylation is 2. The van der Waals surface area contributed by atoms with Crippen molar-refractivity contribution in [1.29, 1.82) is 0 Å². The number of hydrogen-bond acceptors (Lipinski definition) is 1. The van der Waals surface area contributed by atoms with Gasteiger partial charge in [-0.05, 0) is 49.9 Å². The predicted octanol–water partition coefficient (Wildman–Crippen LogP) is 3.20. The first kappa shape index (κ1) is 11.2.